The number of halogens is 1. The van der Waals surface area contributed by atoms with Crippen LogP contribution in [0.3, 0.4) is 0 Å². The van der Waals surface area contributed by atoms with Crippen LogP contribution in [0.25, 0.3) is 16.9 Å². The largest absolute Gasteiger partial charge is 0.333 e. The van der Waals surface area contributed by atoms with Gasteiger partial charge in [-0.05, 0) is 37.1 Å². The summed E-state index contributed by atoms with van der Waals surface area (Å²) in [5.74, 6) is 1.56. The van der Waals surface area contributed by atoms with E-state index in [2.05, 4.69) is 17.0 Å². The second kappa shape index (κ2) is 6.73. The van der Waals surface area contributed by atoms with E-state index in [0.29, 0.717) is 29.9 Å². The zero-order chi connectivity index (χ0) is 18.1. The summed E-state index contributed by atoms with van der Waals surface area (Å²) in [5.41, 5.74) is 4.09. The summed E-state index contributed by atoms with van der Waals surface area (Å²) in [5, 5.41) is 4.62. The molecule has 1 fully saturated rings. The monoisotopic (exact) mass is 350 g/mol. The van der Waals surface area contributed by atoms with E-state index in [9.17, 15) is 9.18 Å². The smallest absolute Gasteiger partial charge is 0.154 e. The van der Waals surface area contributed by atoms with Crippen molar-refractivity contribution >= 4 is 17.3 Å². The van der Waals surface area contributed by atoms with Crippen LogP contribution in [0.2, 0.25) is 0 Å². The van der Waals surface area contributed by atoms with E-state index in [1.807, 2.05) is 24.1 Å². The fraction of sp³-hybridized carbons (Fsp3) is 0.300. The summed E-state index contributed by atoms with van der Waals surface area (Å²) < 4.78 is 16.5. The number of nitrogens with zero attached hydrogens (tertiary/aromatic N) is 4. The third kappa shape index (κ3) is 2.78. The number of hydrogen-bond acceptors (Lipinski definition) is 4. The molecule has 6 heteroatoms. The van der Waals surface area contributed by atoms with Crippen molar-refractivity contribution in [2.24, 2.45) is 0 Å². The number of aryl methyl sites for hydroxylation is 1. The van der Waals surface area contributed by atoms with Crippen LogP contribution in [0, 0.1) is 5.82 Å². The topological polar surface area (TPSA) is 50.5 Å². The van der Waals surface area contributed by atoms with Crippen molar-refractivity contribution in [1.29, 1.82) is 0 Å². The highest BCUT2D eigenvalue weighted by Gasteiger charge is 2.23. The van der Waals surface area contributed by atoms with Gasteiger partial charge in [-0.3, -0.25) is 0 Å². The van der Waals surface area contributed by atoms with Crippen molar-refractivity contribution in [2.45, 2.75) is 32.6 Å². The number of imidazole rings is 1. The summed E-state index contributed by atoms with van der Waals surface area (Å²) in [4.78, 5) is 17.1. The Morgan fingerprint density at radius 2 is 2.15 bits per heavy atom. The third-order valence-electron chi connectivity index (χ3n) is 4.70. The summed E-state index contributed by atoms with van der Waals surface area (Å²) in [6.45, 7) is 2.74. The normalized spacial score (nSPS) is 14.2. The van der Waals surface area contributed by atoms with Gasteiger partial charge in [0, 0.05) is 18.5 Å². The minimum Gasteiger partial charge on any atom is -0.333 e. The minimum absolute atomic E-state index is 0.364. The average Bonchev–Trinajstić information content (AvgIpc) is 3.28. The second-order valence-electron chi connectivity index (χ2n) is 6.46. The Morgan fingerprint density at radius 1 is 1.27 bits per heavy atom. The van der Waals surface area contributed by atoms with Crippen LogP contribution >= 0.6 is 0 Å². The maximum absolute atomic E-state index is 14.8. The first-order valence-electron chi connectivity index (χ1n) is 8.86. The molecule has 0 N–H and O–H groups in total. The van der Waals surface area contributed by atoms with Crippen molar-refractivity contribution in [3.8, 4) is 11.3 Å². The van der Waals surface area contributed by atoms with Gasteiger partial charge < -0.3 is 4.90 Å². The molecule has 1 saturated heterocycles. The van der Waals surface area contributed by atoms with Crippen LogP contribution in [0.1, 0.15) is 31.9 Å². The minimum atomic E-state index is -0.364. The van der Waals surface area contributed by atoms with Gasteiger partial charge in [-0.15, -0.1) is 0 Å². The number of benzene rings is 1. The molecule has 2 aromatic heterocycles. The fourth-order valence-corrected chi connectivity index (χ4v) is 3.43. The zero-order valence-electron chi connectivity index (χ0n) is 14.6. The Hall–Kier alpha value is -2.98. The average molecular weight is 350 g/mol. The molecule has 0 spiro atoms. The van der Waals surface area contributed by atoms with Gasteiger partial charge in [0.15, 0.2) is 5.65 Å². The Morgan fingerprint density at radius 3 is 2.92 bits per heavy atom. The van der Waals surface area contributed by atoms with Gasteiger partial charge in [-0.2, -0.15) is 5.10 Å². The van der Waals surface area contributed by atoms with Crippen molar-refractivity contribution in [3.63, 3.8) is 0 Å². The van der Waals surface area contributed by atoms with Crippen LogP contribution < -0.4 is 4.90 Å². The molecular weight excluding hydrogens is 331 g/mol. The lowest BCUT2D eigenvalue weighted by molar-refractivity contribution is 0.566. The predicted molar refractivity (Wildman–Crippen MR) is 98.2 cm³/mol. The molecule has 5 nitrogen and oxygen atoms in total. The molecule has 0 aliphatic carbocycles. The van der Waals surface area contributed by atoms with Gasteiger partial charge in [0.2, 0.25) is 0 Å². The predicted octanol–water partition coefficient (Wildman–Crippen LogP) is 3.80. The molecular formula is C20H19FN4O. The van der Waals surface area contributed by atoms with Crippen molar-refractivity contribution in [2.75, 3.05) is 11.4 Å². The molecule has 0 unspecified atom stereocenters. The van der Waals surface area contributed by atoms with Crippen LogP contribution in [0.4, 0.5) is 10.1 Å². The van der Waals surface area contributed by atoms with Gasteiger partial charge in [-0.25, -0.2) is 18.7 Å². The van der Waals surface area contributed by atoms with E-state index < -0.39 is 0 Å². The number of anilines is 1. The summed E-state index contributed by atoms with van der Waals surface area (Å²) in [6, 6.07) is 8.94. The van der Waals surface area contributed by atoms with Crippen LogP contribution in [-0.2, 0) is 11.2 Å². The summed E-state index contributed by atoms with van der Waals surface area (Å²) in [6.07, 6.45) is 5.08. The second-order valence-corrected chi connectivity index (χ2v) is 6.46. The Balaban J connectivity index is 1.75. The van der Waals surface area contributed by atoms with E-state index in [1.165, 1.54) is 6.07 Å². The number of rotatable bonds is 4. The maximum Gasteiger partial charge on any atom is 0.154 e. The number of aromatic nitrogens is 3. The number of carbonyl (C=O) groups excluding carboxylic acids is 1. The number of allylic oxidation sites excluding steroid dienone is 1. The molecule has 3 aromatic rings. The van der Waals surface area contributed by atoms with Gasteiger partial charge >= 0.3 is 0 Å². The maximum atomic E-state index is 14.8. The number of hydrogen-bond donors (Lipinski definition) is 0. The SMILES string of the molecule is CCCc1ccc2ncc(-c3ccc(N4CCCC4=C=O)c(F)c3)n2n1. The van der Waals surface area contributed by atoms with Crippen molar-refractivity contribution in [3.05, 3.63) is 53.7 Å². The molecule has 0 radical (unpaired) electrons. The van der Waals surface area contributed by atoms with Crippen LogP contribution in [0.5, 0.6) is 0 Å². The highest BCUT2D eigenvalue weighted by atomic mass is 19.1. The quantitative estimate of drug-likeness (QED) is 0.672. The lowest BCUT2D eigenvalue weighted by Crippen LogP contribution is -2.18. The lowest BCUT2D eigenvalue weighted by Gasteiger charge is -2.18. The standard InChI is InChI=1S/C20H19FN4O/c1-2-4-15-7-9-20-22-12-19(25(20)23-15)14-6-8-18(17(21)11-14)24-10-3-5-16(24)13-26/h6-9,11-12H,2-5,10H2,1H3. The van der Waals surface area contributed by atoms with Gasteiger partial charge in [0.1, 0.15) is 17.5 Å². The van der Waals surface area contributed by atoms with Crippen molar-refractivity contribution < 1.29 is 9.18 Å². The Labute approximate surface area is 150 Å². The molecule has 132 valence electrons. The molecule has 26 heavy (non-hydrogen) atoms. The first-order valence-corrected chi connectivity index (χ1v) is 8.86. The third-order valence-corrected chi connectivity index (χ3v) is 4.70. The van der Waals surface area contributed by atoms with Gasteiger partial charge in [-0.1, -0.05) is 19.4 Å². The van der Waals surface area contributed by atoms with E-state index in [1.54, 1.807) is 21.7 Å². The van der Waals surface area contributed by atoms with E-state index in [4.69, 9.17) is 0 Å². The molecule has 0 atom stereocenters. The first-order chi connectivity index (χ1) is 12.7. The van der Waals surface area contributed by atoms with Gasteiger partial charge in [0.05, 0.1) is 23.3 Å². The zero-order valence-corrected chi connectivity index (χ0v) is 14.6. The van der Waals surface area contributed by atoms with E-state index in [0.717, 1.165) is 36.3 Å². The van der Waals surface area contributed by atoms with Crippen LogP contribution in [0.15, 0.2) is 42.2 Å². The molecule has 1 aromatic carbocycles. The summed E-state index contributed by atoms with van der Waals surface area (Å²) in [7, 11) is 0. The molecule has 3 heterocycles. The van der Waals surface area contributed by atoms with Crippen molar-refractivity contribution in [1.82, 2.24) is 14.6 Å². The Bertz CT molecular complexity index is 1020. The van der Waals surface area contributed by atoms with E-state index >= 15 is 0 Å². The van der Waals surface area contributed by atoms with Crippen LogP contribution in [-0.4, -0.2) is 27.1 Å². The molecule has 0 saturated carbocycles. The highest BCUT2D eigenvalue weighted by molar-refractivity contribution is 5.70. The molecule has 1 aliphatic rings. The highest BCUT2D eigenvalue weighted by Crippen LogP contribution is 2.32. The molecule has 0 bridgehead atoms. The summed E-state index contributed by atoms with van der Waals surface area (Å²) >= 11 is 0. The fourth-order valence-electron chi connectivity index (χ4n) is 3.43. The lowest BCUT2D eigenvalue weighted by atomic mass is 10.1. The molecule has 4 rings (SSSR count). The first kappa shape index (κ1) is 16.5. The Kier molecular flexibility index (Phi) is 4.27. The number of fused-ring (bicyclic) bond motifs is 1. The van der Waals surface area contributed by atoms with E-state index in [-0.39, 0.29) is 5.82 Å². The van der Waals surface area contributed by atoms with Gasteiger partial charge in [0.25, 0.3) is 0 Å². The molecule has 0 amide bonds. The molecule has 1 aliphatic heterocycles.